The van der Waals surface area contributed by atoms with Crippen molar-refractivity contribution < 1.29 is 32.2 Å². The van der Waals surface area contributed by atoms with Gasteiger partial charge in [-0.25, -0.2) is 18.2 Å². The van der Waals surface area contributed by atoms with Gasteiger partial charge in [0.25, 0.3) is 0 Å². The molecule has 0 saturated heterocycles. The Kier molecular flexibility index (Phi) is 9.66. The van der Waals surface area contributed by atoms with E-state index in [2.05, 4.69) is 4.98 Å². The van der Waals surface area contributed by atoms with Crippen molar-refractivity contribution in [3.8, 4) is 5.75 Å². The van der Waals surface area contributed by atoms with E-state index in [0.717, 1.165) is 41.3 Å². The number of benzene rings is 1. The van der Waals surface area contributed by atoms with Crippen LogP contribution in [0, 0.1) is 0 Å². The summed E-state index contributed by atoms with van der Waals surface area (Å²) in [5.41, 5.74) is 2.66. The summed E-state index contributed by atoms with van der Waals surface area (Å²) in [6.45, 7) is 8.47. The number of aryl methyl sites for hydroxylation is 1. The van der Waals surface area contributed by atoms with Crippen molar-refractivity contribution in [3.63, 3.8) is 0 Å². The van der Waals surface area contributed by atoms with Crippen LogP contribution >= 0.6 is 0 Å². The first kappa shape index (κ1) is 32.9. The molecular formula is C34H40N4O7S. The summed E-state index contributed by atoms with van der Waals surface area (Å²) in [4.78, 5) is 36.1. The van der Waals surface area contributed by atoms with Crippen molar-refractivity contribution in [1.29, 1.82) is 0 Å². The number of hydrogen-bond donors (Lipinski definition) is 0. The first-order valence-electron chi connectivity index (χ1n) is 15.4. The van der Waals surface area contributed by atoms with Crippen LogP contribution in [0.3, 0.4) is 0 Å². The lowest BCUT2D eigenvalue weighted by Gasteiger charge is -2.31. The highest BCUT2D eigenvalue weighted by atomic mass is 32.2. The molecule has 1 atom stereocenters. The van der Waals surface area contributed by atoms with Gasteiger partial charge in [-0.05, 0) is 88.1 Å². The van der Waals surface area contributed by atoms with Gasteiger partial charge in [0.15, 0.2) is 9.84 Å². The van der Waals surface area contributed by atoms with Gasteiger partial charge in [-0.3, -0.25) is 14.7 Å². The maximum atomic E-state index is 12.8. The Morgan fingerprint density at radius 1 is 1.07 bits per heavy atom. The van der Waals surface area contributed by atoms with Gasteiger partial charge < -0.3 is 18.8 Å². The van der Waals surface area contributed by atoms with E-state index in [1.165, 1.54) is 6.20 Å². The molecule has 244 valence electrons. The van der Waals surface area contributed by atoms with Gasteiger partial charge in [-0.15, -0.1) is 0 Å². The number of hydrogen-bond acceptors (Lipinski definition) is 9. The predicted molar refractivity (Wildman–Crippen MR) is 174 cm³/mol. The fourth-order valence-electron chi connectivity index (χ4n) is 5.47. The van der Waals surface area contributed by atoms with Crippen LogP contribution in [0.4, 0.5) is 10.6 Å². The lowest BCUT2D eigenvalue weighted by Crippen LogP contribution is -2.40. The molecule has 0 fully saturated rings. The molecule has 3 aromatic heterocycles. The van der Waals surface area contributed by atoms with Gasteiger partial charge in [0, 0.05) is 54.4 Å². The first-order chi connectivity index (χ1) is 21.8. The van der Waals surface area contributed by atoms with E-state index in [1.54, 1.807) is 24.1 Å². The maximum Gasteiger partial charge on any atom is 0.416 e. The number of anilines is 1. The largest absolute Gasteiger partial charge is 0.493 e. The Hall–Kier alpha value is -4.45. The molecule has 4 aromatic rings. The van der Waals surface area contributed by atoms with E-state index in [0.29, 0.717) is 36.7 Å². The SMILES string of the molecule is CCOC(=O)CC(c1cncc(S(C)(=O)=O)c1)n1ccc2cc(OCCc3ccc4c(n3)N(C(=O)OC(C)(C)C)CCC4)ccc21. The highest BCUT2D eigenvalue weighted by Gasteiger charge is 2.29. The minimum Gasteiger partial charge on any atom is -0.493 e. The number of fused-ring (bicyclic) bond motifs is 2. The Morgan fingerprint density at radius 2 is 1.87 bits per heavy atom. The average Bonchev–Trinajstić information content (AvgIpc) is 3.41. The van der Waals surface area contributed by atoms with Crippen LogP contribution in [-0.4, -0.2) is 66.6 Å². The Labute approximate surface area is 269 Å². The van der Waals surface area contributed by atoms with Crippen LogP contribution < -0.4 is 9.64 Å². The van der Waals surface area contributed by atoms with Gasteiger partial charge in [0.2, 0.25) is 0 Å². The zero-order chi connectivity index (χ0) is 33.1. The Balaban J connectivity index is 1.32. The molecule has 1 amide bonds. The number of pyridine rings is 2. The molecule has 4 heterocycles. The van der Waals surface area contributed by atoms with Crippen LogP contribution in [0.15, 0.2) is 66.0 Å². The molecule has 11 nitrogen and oxygen atoms in total. The third kappa shape index (κ3) is 7.85. The summed E-state index contributed by atoms with van der Waals surface area (Å²) >= 11 is 0. The fourth-order valence-corrected chi connectivity index (χ4v) is 6.07. The Morgan fingerprint density at radius 3 is 2.61 bits per heavy atom. The number of carbonyl (C=O) groups is 2. The van der Waals surface area contributed by atoms with Crippen molar-refractivity contribution in [2.45, 2.75) is 69.9 Å². The minimum atomic E-state index is -3.49. The van der Waals surface area contributed by atoms with Crippen molar-refractivity contribution in [3.05, 3.63) is 77.9 Å². The second-order valence-electron chi connectivity index (χ2n) is 12.3. The van der Waals surface area contributed by atoms with E-state index < -0.39 is 33.5 Å². The van der Waals surface area contributed by atoms with E-state index in [-0.39, 0.29) is 17.9 Å². The van der Waals surface area contributed by atoms with Gasteiger partial charge in [0.1, 0.15) is 17.2 Å². The number of ether oxygens (including phenoxy) is 3. The van der Waals surface area contributed by atoms with E-state index in [9.17, 15) is 18.0 Å². The molecule has 1 unspecified atom stereocenters. The molecule has 0 radical (unpaired) electrons. The van der Waals surface area contributed by atoms with Crippen molar-refractivity contribution >= 4 is 38.6 Å². The van der Waals surface area contributed by atoms with Crippen molar-refractivity contribution in [2.24, 2.45) is 0 Å². The van der Waals surface area contributed by atoms with Gasteiger partial charge in [0.05, 0.1) is 30.6 Å². The number of carbonyl (C=O) groups excluding carboxylic acids is 2. The zero-order valence-electron chi connectivity index (χ0n) is 26.9. The standard InChI is InChI=1S/C34H40N4O7S/c1-6-43-31(39)20-30(25-19-28(22-35-21-25)46(5,41)42)37-16-13-24-18-27(11-12-29(24)37)44-17-14-26-10-9-23-8-7-15-38(32(23)36-26)33(40)45-34(2,3)4/h9-13,16,18-19,21-22,30H,6-8,14-15,17,20H2,1-5H3. The summed E-state index contributed by atoms with van der Waals surface area (Å²) in [5.74, 6) is 0.917. The molecule has 0 saturated carbocycles. The molecular weight excluding hydrogens is 608 g/mol. The number of nitrogens with zero attached hydrogens (tertiary/aromatic N) is 4. The molecule has 0 aliphatic carbocycles. The second-order valence-corrected chi connectivity index (χ2v) is 14.3. The fraction of sp³-hybridized carbons (Fsp3) is 0.412. The molecule has 1 aliphatic heterocycles. The van der Waals surface area contributed by atoms with Crippen LogP contribution in [0.25, 0.3) is 10.9 Å². The quantitative estimate of drug-likeness (QED) is 0.199. The summed E-state index contributed by atoms with van der Waals surface area (Å²) in [7, 11) is -3.49. The van der Waals surface area contributed by atoms with Crippen molar-refractivity contribution in [1.82, 2.24) is 14.5 Å². The minimum absolute atomic E-state index is 0.00387. The first-order valence-corrected chi connectivity index (χ1v) is 17.2. The topological polar surface area (TPSA) is 130 Å². The number of rotatable bonds is 10. The summed E-state index contributed by atoms with van der Waals surface area (Å²) in [6, 6.07) is 12.6. The van der Waals surface area contributed by atoms with Gasteiger partial charge >= 0.3 is 12.1 Å². The van der Waals surface area contributed by atoms with Crippen LogP contribution in [0.2, 0.25) is 0 Å². The van der Waals surface area contributed by atoms with Crippen molar-refractivity contribution in [2.75, 3.05) is 30.9 Å². The average molecular weight is 649 g/mol. The summed E-state index contributed by atoms with van der Waals surface area (Å²) < 4.78 is 43.3. The number of amides is 1. The third-order valence-corrected chi connectivity index (χ3v) is 8.66. The van der Waals surface area contributed by atoms with Gasteiger partial charge in [-0.2, -0.15) is 0 Å². The highest BCUT2D eigenvalue weighted by molar-refractivity contribution is 7.90. The summed E-state index contributed by atoms with van der Waals surface area (Å²) in [6.07, 6.45) is 7.73. The molecule has 1 aliphatic rings. The molecule has 0 bridgehead atoms. The number of esters is 1. The second kappa shape index (κ2) is 13.5. The van der Waals surface area contributed by atoms with E-state index in [1.807, 2.05) is 67.9 Å². The van der Waals surface area contributed by atoms with Crippen LogP contribution in [0.1, 0.15) is 63.4 Å². The van der Waals surface area contributed by atoms with E-state index in [4.69, 9.17) is 19.2 Å². The molecule has 0 spiro atoms. The van der Waals surface area contributed by atoms with Gasteiger partial charge in [-0.1, -0.05) is 6.07 Å². The van der Waals surface area contributed by atoms with Crippen LogP contribution in [0.5, 0.6) is 5.75 Å². The number of aromatic nitrogens is 3. The molecule has 12 heteroatoms. The molecule has 5 rings (SSSR count). The maximum absolute atomic E-state index is 12.8. The van der Waals surface area contributed by atoms with Crippen LogP contribution in [-0.2, 0) is 36.9 Å². The smallest absolute Gasteiger partial charge is 0.416 e. The monoisotopic (exact) mass is 648 g/mol. The lowest BCUT2D eigenvalue weighted by molar-refractivity contribution is -0.143. The highest BCUT2D eigenvalue weighted by Crippen LogP contribution is 2.31. The molecule has 1 aromatic carbocycles. The predicted octanol–water partition coefficient (Wildman–Crippen LogP) is 5.69. The summed E-state index contributed by atoms with van der Waals surface area (Å²) in [5, 5.41) is 0.887. The zero-order valence-corrected chi connectivity index (χ0v) is 27.7. The molecule has 46 heavy (non-hydrogen) atoms. The lowest BCUT2D eigenvalue weighted by atomic mass is 10.1. The molecule has 0 N–H and O–H groups in total. The normalized spacial score (nSPS) is 14.1. The Bertz CT molecular complexity index is 1850. The van der Waals surface area contributed by atoms with E-state index >= 15 is 0 Å². The number of sulfone groups is 1. The third-order valence-electron chi connectivity index (χ3n) is 7.58.